The lowest BCUT2D eigenvalue weighted by molar-refractivity contribution is -0.123. The molecule has 102 valence electrons. The molecule has 0 atom stereocenters. The lowest BCUT2D eigenvalue weighted by Gasteiger charge is -2.04. The third-order valence-corrected chi connectivity index (χ3v) is 2.39. The van der Waals surface area contributed by atoms with Gasteiger partial charge in [-0.05, 0) is 29.8 Å². The van der Waals surface area contributed by atoms with Crippen LogP contribution in [0.1, 0.15) is 5.56 Å². The van der Waals surface area contributed by atoms with Gasteiger partial charge in [0.15, 0.2) is 6.61 Å². The highest BCUT2D eigenvalue weighted by atomic mass is 16.5. The maximum atomic E-state index is 11.5. The number of nitrogens with zero attached hydrogens (tertiary/aromatic N) is 1. The molecule has 0 aliphatic carbocycles. The summed E-state index contributed by atoms with van der Waals surface area (Å²) in [5.74, 6) is 0.414. The van der Waals surface area contributed by atoms with Gasteiger partial charge in [0.25, 0.3) is 5.91 Å². The van der Waals surface area contributed by atoms with Gasteiger partial charge in [0.1, 0.15) is 11.5 Å². The van der Waals surface area contributed by atoms with E-state index < -0.39 is 0 Å². The second kappa shape index (κ2) is 6.94. The Hall–Kier alpha value is -2.82. The molecule has 5 nitrogen and oxygen atoms in total. The molecule has 0 radical (unpaired) electrons. The topological polar surface area (TPSA) is 70.9 Å². The zero-order valence-corrected chi connectivity index (χ0v) is 10.7. The normalized spacial score (nSPS) is 10.4. The molecule has 0 saturated heterocycles. The van der Waals surface area contributed by atoms with Crippen molar-refractivity contribution in [2.24, 2.45) is 5.10 Å². The number of para-hydroxylation sites is 1. The summed E-state index contributed by atoms with van der Waals surface area (Å²) < 4.78 is 5.26. The zero-order chi connectivity index (χ0) is 14.2. The summed E-state index contributed by atoms with van der Waals surface area (Å²) in [7, 11) is 0. The van der Waals surface area contributed by atoms with E-state index >= 15 is 0 Å². The molecular weight excluding hydrogens is 256 g/mol. The highest BCUT2D eigenvalue weighted by Gasteiger charge is 2.00. The number of benzene rings is 2. The largest absolute Gasteiger partial charge is 0.508 e. The first-order valence-corrected chi connectivity index (χ1v) is 6.03. The van der Waals surface area contributed by atoms with E-state index in [1.54, 1.807) is 30.3 Å². The number of phenols is 1. The summed E-state index contributed by atoms with van der Waals surface area (Å²) in [6, 6.07) is 15.6. The molecule has 0 spiro atoms. The van der Waals surface area contributed by atoms with Gasteiger partial charge < -0.3 is 9.84 Å². The predicted molar refractivity (Wildman–Crippen MR) is 75.8 cm³/mol. The number of carbonyl (C=O) groups excluding carboxylic acids is 1. The van der Waals surface area contributed by atoms with E-state index in [4.69, 9.17) is 4.74 Å². The van der Waals surface area contributed by atoms with Crippen molar-refractivity contribution in [3.63, 3.8) is 0 Å². The number of ether oxygens (including phenoxy) is 1. The standard InChI is InChI=1S/C15H14N2O3/c18-13-6-4-5-12(9-13)10-16-17-15(19)11-20-14-7-2-1-3-8-14/h1-10,18H,11H2,(H,17,19). The maximum Gasteiger partial charge on any atom is 0.277 e. The first kappa shape index (κ1) is 13.6. The molecule has 0 unspecified atom stereocenters. The van der Waals surface area contributed by atoms with Gasteiger partial charge >= 0.3 is 0 Å². The molecule has 0 aliphatic heterocycles. The van der Waals surface area contributed by atoms with Crippen molar-refractivity contribution >= 4 is 12.1 Å². The molecule has 0 aliphatic rings. The molecule has 5 heteroatoms. The Balaban J connectivity index is 1.78. The van der Waals surface area contributed by atoms with Crippen molar-refractivity contribution in [2.45, 2.75) is 0 Å². The monoisotopic (exact) mass is 270 g/mol. The number of nitrogens with one attached hydrogen (secondary N) is 1. The maximum absolute atomic E-state index is 11.5. The smallest absolute Gasteiger partial charge is 0.277 e. The average molecular weight is 270 g/mol. The second-order valence-corrected chi connectivity index (χ2v) is 3.99. The van der Waals surface area contributed by atoms with Crippen molar-refractivity contribution in [1.29, 1.82) is 0 Å². The van der Waals surface area contributed by atoms with Crippen LogP contribution in [0.2, 0.25) is 0 Å². The first-order valence-electron chi connectivity index (χ1n) is 6.03. The summed E-state index contributed by atoms with van der Waals surface area (Å²) >= 11 is 0. The second-order valence-electron chi connectivity index (χ2n) is 3.99. The third kappa shape index (κ3) is 4.45. The van der Waals surface area contributed by atoms with Crippen LogP contribution in [0, 0.1) is 0 Å². The average Bonchev–Trinajstić information content (AvgIpc) is 2.46. The molecule has 0 aromatic heterocycles. The van der Waals surface area contributed by atoms with Crippen LogP contribution in [0.4, 0.5) is 0 Å². The predicted octanol–water partition coefficient (Wildman–Crippen LogP) is 1.92. The van der Waals surface area contributed by atoms with Gasteiger partial charge in [-0.3, -0.25) is 4.79 Å². The lowest BCUT2D eigenvalue weighted by Crippen LogP contribution is -2.24. The molecule has 2 rings (SSSR count). The Bertz CT molecular complexity index is 597. The van der Waals surface area contributed by atoms with E-state index in [1.807, 2.05) is 18.2 Å². The van der Waals surface area contributed by atoms with E-state index in [0.717, 1.165) is 0 Å². The van der Waals surface area contributed by atoms with Crippen LogP contribution >= 0.6 is 0 Å². The summed E-state index contributed by atoms with van der Waals surface area (Å²) in [5.41, 5.74) is 3.03. The molecule has 0 bridgehead atoms. The van der Waals surface area contributed by atoms with Gasteiger partial charge in [0.2, 0.25) is 0 Å². The Kier molecular flexibility index (Phi) is 4.72. The number of hydrogen-bond donors (Lipinski definition) is 2. The molecule has 0 fully saturated rings. The Morgan fingerprint density at radius 1 is 1.20 bits per heavy atom. The van der Waals surface area contributed by atoms with E-state index in [1.165, 1.54) is 12.3 Å². The Labute approximate surface area is 116 Å². The number of hydrogen-bond acceptors (Lipinski definition) is 4. The van der Waals surface area contributed by atoms with Crippen LogP contribution < -0.4 is 10.2 Å². The Morgan fingerprint density at radius 2 is 2.00 bits per heavy atom. The molecular formula is C15H14N2O3. The van der Waals surface area contributed by atoms with E-state index in [2.05, 4.69) is 10.5 Å². The number of phenolic OH excluding ortho intramolecular Hbond substituents is 1. The Morgan fingerprint density at radius 3 is 2.75 bits per heavy atom. The van der Waals surface area contributed by atoms with Crippen molar-refractivity contribution < 1.29 is 14.6 Å². The van der Waals surface area contributed by atoms with Crippen LogP contribution in [0.15, 0.2) is 59.7 Å². The molecule has 0 saturated carbocycles. The number of carbonyl (C=O) groups is 1. The summed E-state index contributed by atoms with van der Waals surface area (Å²) in [5, 5.41) is 13.0. The van der Waals surface area contributed by atoms with Gasteiger partial charge in [0.05, 0.1) is 6.21 Å². The van der Waals surface area contributed by atoms with Crippen LogP contribution in [0.5, 0.6) is 11.5 Å². The number of aromatic hydroxyl groups is 1. The fourth-order valence-electron chi connectivity index (χ4n) is 1.48. The third-order valence-electron chi connectivity index (χ3n) is 2.39. The summed E-state index contributed by atoms with van der Waals surface area (Å²) in [4.78, 5) is 11.5. The molecule has 20 heavy (non-hydrogen) atoms. The quantitative estimate of drug-likeness (QED) is 0.644. The number of rotatable bonds is 5. The van der Waals surface area contributed by atoms with Crippen LogP contribution in [0.3, 0.4) is 0 Å². The number of amides is 1. The fourth-order valence-corrected chi connectivity index (χ4v) is 1.48. The van der Waals surface area contributed by atoms with Crippen LogP contribution in [-0.4, -0.2) is 23.8 Å². The van der Waals surface area contributed by atoms with Gasteiger partial charge in [0, 0.05) is 0 Å². The minimum Gasteiger partial charge on any atom is -0.508 e. The molecule has 2 N–H and O–H groups in total. The van der Waals surface area contributed by atoms with Gasteiger partial charge in [-0.25, -0.2) is 5.43 Å². The highest BCUT2D eigenvalue weighted by molar-refractivity contribution is 5.83. The lowest BCUT2D eigenvalue weighted by atomic mass is 10.2. The van der Waals surface area contributed by atoms with Gasteiger partial charge in [-0.1, -0.05) is 30.3 Å². The van der Waals surface area contributed by atoms with E-state index in [-0.39, 0.29) is 18.3 Å². The molecule has 0 heterocycles. The van der Waals surface area contributed by atoms with Crippen molar-refractivity contribution in [2.75, 3.05) is 6.61 Å². The van der Waals surface area contributed by atoms with E-state index in [0.29, 0.717) is 11.3 Å². The fraction of sp³-hybridized carbons (Fsp3) is 0.0667. The molecule has 1 amide bonds. The minimum atomic E-state index is -0.356. The minimum absolute atomic E-state index is 0.110. The van der Waals surface area contributed by atoms with Crippen LogP contribution in [0.25, 0.3) is 0 Å². The highest BCUT2D eigenvalue weighted by Crippen LogP contribution is 2.09. The van der Waals surface area contributed by atoms with Crippen molar-refractivity contribution in [1.82, 2.24) is 5.43 Å². The van der Waals surface area contributed by atoms with Crippen LogP contribution in [-0.2, 0) is 4.79 Å². The number of hydrazone groups is 1. The van der Waals surface area contributed by atoms with Gasteiger partial charge in [-0.2, -0.15) is 5.10 Å². The van der Waals surface area contributed by atoms with Gasteiger partial charge in [-0.15, -0.1) is 0 Å². The molecule has 2 aromatic carbocycles. The van der Waals surface area contributed by atoms with Crippen molar-refractivity contribution in [3.8, 4) is 11.5 Å². The zero-order valence-electron chi connectivity index (χ0n) is 10.7. The molecule has 2 aromatic rings. The SMILES string of the molecule is O=C(COc1ccccc1)NN=Cc1cccc(O)c1. The summed E-state index contributed by atoms with van der Waals surface area (Å²) in [6.07, 6.45) is 1.44. The van der Waals surface area contributed by atoms with E-state index in [9.17, 15) is 9.90 Å². The summed E-state index contributed by atoms with van der Waals surface area (Å²) in [6.45, 7) is -0.110. The van der Waals surface area contributed by atoms with Crippen molar-refractivity contribution in [3.05, 3.63) is 60.2 Å². The first-order chi connectivity index (χ1) is 9.74.